The first-order chi connectivity index (χ1) is 19.9. The van der Waals surface area contributed by atoms with Gasteiger partial charge < -0.3 is 15.5 Å². The molecule has 13 heteroatoms. The molecule has 0 aliphatic rings. The molecule has 0 radical (unpaired) electrons. The molecule has 0 aliphatic heterocycles. The lowest BCUT2D eigenvalue weighted by Gasteiger charge is -2.22. The van der Waals surface area contributed by atoms with Gasteiger partial charge in [-0.25, -0.2) is 0 Å². The zero-order valence-electron chi connectivity index (χ0n) is 22.8. The van der Waals surface area contributed by atoms with E-state index >= 15 is 0 Å². The van der Waals surface area contributed by atoms with E-state index < -0.39 is 5.92 Å². The summed E-state index contributed by atoms with van der Waals surface area (Å²) in [5.41, 5.74) is 4.39. The molecule has 0 atom stereocenters. The second-order valence-electron chi connectivity index (χ2n) is 9.34. The molecule has 41 heavy (non-hydrogen) atoms. The number of tetrazole rings is 2. The highest BCUT2D eigenvalue weighted by Gasteiger charge is 2.24. The van der Waals surface area contributed by atoms with Gasteiger partial charge in [0, 0.05) is 29.3 Å². The van der Waals surface area contributed by atoms with Crippen molar-refractivity contribution < 1.29 is 10.2 Å². The van der Waals surface area contributed by atoms with Gasteiger partial charge in [0.1, 0.15) is 11.5 Å². The van der Waals surface area contributed by atoms with Crippen LogP contribution in [-0.2, 0) is 0 Å². The topological polar surface area (TPSA) is 164 Å². The predicted molar refractivity (Wildman–Crippen MR) is 153 cm³/mol. The fourth-order valence-electron chi connectivity index (χ4n) is 4.30. The fourth-order valence-corrected chi connectivity index (χ4v) is 4.30. The Morgan fingerprint density at radius 3 is 1.85 bits per heavy atom. The molecule has 13 nitrogen and oxygen atoms in total. The van der Waals surface area contributed by atoms with E-state index in [9.17, 15) is 10.2 Å². The number of hydrogen-bond acceptors (Lipinski definition) is 11. The largest absolute Gasteiger partial charge is 0.508 e. The molecule has 3 aromatic carbocycles. The standard InChI is InChI=1S/C28H29N11O2/c1-4-12-29-23-7-5-6-22(15-23)28(24-13-20(8-10-26(24)40)16-30-38-18(2)32-34-36-38)25-14-21(9-11-27(25)41)17-31-39-19(3)33-35-37-39/h5-11,13-17,28-29,40-41H,4,12H2,1-3H3. The summed E-state index contributed by atoms with van der Waals surface area (Å²) in [5.74, 6) is 0.676. The maximum absolute atomic E-state index is 11.1. The molecule has 2 heterocycles. The van der Waals surface area contributed by atoms with Gasteiger partial charge in [-0.1, -0.05) is 19.1 Å². The summed E-state index contributed by atoms with van der Waals surface area (Å²) < 4.78 is 0. The first-order valence-corrected chi connectivity index (χ1v) is 13.0. The number of phenols is 2. The van der Waals surface area contributed by atoms with Crippen molar-refractivity contribution in [2.24, 2.45) is 10.2 Å². The lowest BCUT2D eigenvalue weighted by Crippen LogP contribution is -2.07. The summed E-state index contributed by atoms with van der Waals surface area (Å²) in [7, 11) is 0. The molecule has 0 amide bonds. The van der Waals surface area contributed by atoms with Crippen LogP contribution >= 0.6 is 0 Å². The van der Waals surface area contributed by atoms with Gasteiger partial charge >= 0.3 is 0 Å². The van der Waals surface area contributed by atoms with Gasteiger partial charge in [-0.15, -0.1) is 19.8 Å². The molecule has 0 fully saturated rings. The number of anilines is 1. The number of aromatic nitrogens is 8. The van der Waals surface area contributed by atoms with Crippen molar-refractivity contribution in [3.05, 3.63) is 100 Å². The second kappa shape index (κ2) is 12.2. The van der Waals surface area contributed by atoms with Crippen LogP contribution in [0.3, 0.4) is 0 Å². The van der Waals surface area contributed by atoms with Gasteiger partial charge in [0.15, 0.2) is 11.6 Å². The molecule has 0 aliphatic carbocycles. The van der Waals surface area contributed by atoms with Crippen molar-refractivity contribution in [3.8, 4) is 11.5 Å². The molecule has 0 saturated carbocycles. The van der Waals surface area contributed by atoms with Crippen LogP contribution in [0.5, 0.6) is 11.5 Å². The number of phenolic OH excluding ortho intramolecular Hbond substituents is 2. The molecule has 0 saturated heterocycles. The van der Waals surface area contributed by atoms with Crippen LogP contribution in [0.4, 0.5) is 5.69 Å². The average molecular weight is 552 g/mol. The van der Waals surface area contributed by atoms with Crippen LogP contribution < -0.4 is 5.32 Å². The van der Waals surface area contributed by atoms with E-state index in [0.29, 0.717) is 33.9 Å². The number of rotatable bonds is 10. The van der Waals surface area contributed by atoms with E-state index in [4.69, 9.17) is 0 Å². The Morgan fingerprint density at radius 1 is 0.805 bits per heavy atom. The van der Waals surface area contributed by atoms with Crippen LogP contribution in [0.15, 0.2) is 70.9 Å². The maximum Gasteiger partial charge on any atom is 0.173 e. The Bertz CT molecular complexity index is 1610. The molecule has 208 valence electrons. The molecule has 3 N–H and O–H groups in total. The van der Waals surface area contributed by atoms with Crippen molar-refractivity contribution in [3.63, 3.8) is 0 Å². The number of nitrogens with zero attached hydrogens (tertiary/aromatic N) is 10. The second-order valence-corrected chi connectivity index (χ2v) is 9.34. The number of aryl methyl sites for hydroxylation is 2. The first-order valence-electron chi connectivity index (χ1n) is 13.0. The highest BCUT2D eigenvalue weighted by Crippen LogP contribution is 2.41. The fraction of sp³-hybridized carbons (Fsp3) is 0.214. The highest BCUT2D eigenvalue weighted by atomic mass is 16.3. The van der Waals surface area contributed by atoms with E-state index in [0.717, 1.165) is 24.2 Å². The van der Waals surface area contributed by atoms with Gasteiger partial charge in [0.2, 0.25) is 0 Å². The smallest absolute Gasteiger partial charge is 0.173 e. The van der Waals surface area contributed by atoms with Crippen molar-refractivity contribution in [1.29, 1.82) is 0 Å². The molecule has 0 unspecified atom stereocenters. The van der Waals surface area contributed by atoms with E-state index in [1.54, 1.807) is 50.5 Å². The summed E-state index contributed by atoms with van der Waals surface area (Å²) in [6.07, 6.45) is 4.19. The monoisotopic (exact) mass is 551 g/mol. The quantitative estimate of drug-likeness (QED) is 0.174. The molecule has 5 aromatic rings. The van der Waals surface area contributed by atoms with Crippen molar-refractivity contribution in [2.75, 3.05) is 11.9 Å². The predicted octanol–water partition coefficient (Wildman–Crippen LogP) is 3.45. The summed E-state index contributed by atoms with van der Waals surface area (Å²) in [4.78, 5) is 2.63. The third kappa shape index (κ3) is 6.24. The van der Waals surface area contributed by atoms with Crippen LogP contribution in [-0.4, -0.2) is 69.8 Å². The average Bonchev–Trinajstić information content (AvgIpc) is 3.59. The zero-order chi connectivity index (χ0) is 28.8. The molecular weight excluding hydrogens is 522 g/mol. The van der Waals surface area contributed by atoms with Gasteiger partial charge in [-0.2, -0.15) is 10.2 Å². The summed E-state index contributed by atoms with van der Waals surface area (Å²) in [6, 6.07) is 18.3. The van der Waals surface area contributed by atoms with Crippen LogP contribution in [0.2, 0.25) is 0 Å². The summed E-state index contributed by atoms with van der Waals surface area (Å²) >= 11 is 0. The van der Waals surface area contributed by atoms with E-state index in [2.05, 4.69) is 53.5 Å². The summed E-state index contributed by atoms with van der Waals surface area (Å²) in [5, 5.41) is 56.9. The van der Waals surface area contributed by atoms with E-state index in [1.807, 2.05) is 36.4 Å². The van der Waals surface area contributed by atoms with Gasteiger partial charge in [0.25, 0.3) is 0 Å². The highest BCUT2D eigenvalue weighted by molar-refractivity contribution is 5.82. The Labute approximate surface area is 235 Å². The summed E-state index contributed by atoms with van der Waals surface area (Å²) in [6.45, 7) is 6.41. The maximum atomic E-state index is 11.1. The Kier molecular flexibility index (Phi) is 8.04. The van der Waals surface area contributed by atoms with Crippen LogP contribution in [0.25, 0.3) is 0 Å². The molecule has 0 spiro atoms. The zero-order valence-corrected chi connectivity index (χ0v) is 22.8. The molecule has 2 aromatic heterocycles. The number of hydrogen-bond donors (Lipinski definition) is 3. The minimum atomic E-state index is -0.537. The van der Waals surface area contributed by atoms with Crippen LogP contribution in [0.1, 0.15) is 58.7 Å². The van der Waals surface area contributed by atoms with Crippen molar-refractivity contribution in [2.45, 2.75) is 33.1 Å². The van der Waals surface area contributed by atoms with E-state index in [1.165, 1.54) is 9.58 Å². The van der Waals surface area contributed by atoms with Crippen LogP contribution in [0, 0.1) is 13.8 Å². The van der Waals surface area contributed by atoms with E-state index in [-0.39, 0.29) is 11.5 Å². The van der Waals surface area contributed by atoms with Gasteiger partial charge in [-0.3, -0.25) is 0 Å². The normalized spacial score (nSPS) is 12.4. The Balaban J connectivity index is 1.61. The van der Waals surface area contributed by atoms with Crippen molar-refractivity contribution >= 4 is 18.1 Å². The Morgan fingerprint density at radius 2 is 1.37 bits per heavy atom. The third-order valence-electron chi connectivity index (χ3n) is 6.36. The third-order valence-corrected chi connectivity index (χ3v) is 6.36. The Hall–Kier alpha value is -5.46. The minimum absolute atomic E-state index is 0.0699. The SMILES string of the molecule is CCCNc1cccc(C(c2cc(C=Nn3nnnc3C)ccc2O)c2cc(C=Nn3nnnc3C)ccc2O)c1. The first kappa shape index (κ1) is 27.1. The van der Waals surface area contributed by atoms with Gasteiger partial charge in [-0.05, 0) is 106 Å². The molecular formula is C28H29N11O2. The minimum Gasteiger partial charge on any atom is -0.508 e. The lowest BCUT2D eigenvalue weighted by atomic mass is 9.82. The number of nitrogens with one attached hydrogen (secondary N) is 1. The number of benzene rings is 3. The number of aromatic hydroxyl groups is 2. The molecule has 0 bridgehead atoms. The van der Waals surface area contributed by atoms with Crippen molar-refractivity contribution in [1.82, 2.24) is 40.6 Å². The lowest BCUT2D eigenvalue weighted by molar-refractivity contribution is 0.458. The van der Waals surface area contributed by atoms with Gasteiger partial charge in [0.05, 0.1) is 12.4 Å². The molecule has 5 rings (SSSR count).